The third-order valence-electron chi connectivity index (χ3n) is 5.79. The summed E-state index contributed by atoms with van der Waals surface area (Å²) in [7, 11) is 0. The zero-order valence-corrected chi connectivity index (χ0v) is 18.0. The average molecular weight is 413 g/mol. The van der Waals surface area contributed by atoms with Crippen LogP contribution in [0, 0.1) is 6.92 Å². The fraction of sp³-hybridized carbons (Fsp3) is 0.636. The Hall–Kier alpha value is -2.48. The molecule has 3 aromatic heterocycles. The van der Waals surface area contributed by atoms with Crippen LogP contribution in [0.5, 0.6) is 0 Å². The summed E-state index contributed by atoms with van der Waals surface area (Å²) >= 11 is 0. The second kappa shape index (κ2) is 9.55. The summed E-state index contributed by atoms with van der Waals surface area (Å²) in [5.74, 6) is 2.39. The van der Waals surface area contributed by atoms with Crippen molar-refractivity contribution in [2.24, 2.45) is 0 Å². The highest BCUT2D eigenvalue weighted by molar-refractivity contribution is 5.70. The largest absolute Gasteiger partial charge is 0.422 e. The molecular formula is C22H32N6O2. The number of hydrogen-bond acceptors (Lipinski definition) is 7. The van der Waals surface area contributed by atoms with Crippen LogP contribution >= 0.6 is 0 Å². The molecule has 3 aromatic rings. The van der Waals surface area contributed by atoms with Crippen molar-refractivity contribution in [2.75, 3.05) is 24.6 Å². The molecule has 1 saturated heterocycles. The molecule has 1 aliphatic heterocycles. The van der Waals surface area contributed by atoms with Gasteiger partial charge in [0.25, 0.3) is 6.01 Å². The van der Waals surface area contributed by atoms with Gasteiger partial charge in [0, 0.05) is 44.3 Å². The third kappa shape index (κ3) is 4.64. The van der Waals surface area contributed by atoms with Crippen LogP contribution in [0.2, 0.25) is 0 Å². The maximum absolute atomic E-state index is 9.26. The zero-order valence-electron chi connectivity index (χ0n) is 18.0. The number of aryl methyl sites for hydroxylation is 3. The van der Waals surface area contributed by atoms with Crippen molar-refractivity contribution in [1.82, 2.24) is 24.7 Å². The molecule has 1 aliphatic rings. The first-order chi connectivity index (χ1) is 14.7. The minimum Gasteiger partial charge on any atom is -0.422 e. The quantitative estimate of drug-likeness (QED) is 0.537. The number of rotatable bonds is 9. The van der Waals surface area contributed by atoms with Crippen LogP contribution in [-0.4, -0.2) is 49.5 Å². The van der Waals surface area contributed by atoms with Crippen LogP contribution in [0.3, 0.4) is 0 Å². The molecule has 1 fully saturated rings. The van der Waals surface area contributed by atoms with E-state index >= 15 is 0 Å². The number of pyridine rings is 1. The number of anilines is 1. The second-order valence-electron chi connectivity index (χ2n) is 8.18. The van der Waals surface area contributed by atoms with Crippen molar-refractivity contribution in [3.05, 3.63) is 29.5 Å². The Labute approximate surface area is 177 Å². The van der Waals surface area contributed by atoms with Gasteiger partial charge in [-0.3, -0.25) is 0 Å². The van der Waals surface area contributed by atoms with Crippen LogP contribution in [0.4, 0.5) is 6.01 Å². The van der Waals surface area contributed by atoms with Crippen LogP contribution in [0.1, 0.15) is 68.7 Å². The highest BCUT2D eigenvalue weighted by Crippen LogP contribution is 2.31. The van der Waals surface area contributed by atoms with Gasteiger partial charge in [0.15, 0.2) is 11.4 Å². The molecule has 0 unspecified atom stereocenters. The highest BCUT2D eigenvalue weighted by Gasteiger charge is 2.27. The highest BCUT2D eigenvalue weighted by atomic mass is 16.4. The third-order valence-corrected chi connectivity index (χ3v) is 5.79. The Kier molecular flexibility index (Phi) is 6.62. The van der Waals surface area contributed by atoms with Gasteiger partial charge in [-0.05, 0) is 44.7 Å². The number of aliphatic hydroxyl groups excluding tert-OH is 1. The van der Waals surface area contributed by atoms with Crippen molar-refractivity contribution >= 4 is 17.2 Å². The molecule has 0 radical (unpaired) electrons. The summed E-state index contributed by atoms with van der Waals surface area (Å²) in [5, 5.41) is 14.0. The van der Waals surface area contributed by atoms with Crippen LogP contribution in [0.25, 0.3) is 11.2 Å². The van der Waals surface area contributed by atoms with Crippen molar-refractivity contribution < 1.29 is 9.52 Å². The molecule has 162 valence electrons. The number of hydrogen-bond donors (Lipinski definition) is 1. The van der Waals surface area contributed by atoms with Gasteiger partial charge in [-0.15, -0.1) is 0 Å². The standard InChI is InChI=1S/C22H32N6O2/c1-3-4-5-7-19-24-21(28(26-19)12-6-15-29)17-10-13-27(14-11-17)22-25-20-18(30-22)9-8-16(2)23-20/h8-9,17,29H,3-7,10-15H2,1-2H3. The molecule has 0 amide bonds. The minimum atomic E-state index is 0.175. The van der Waals surface area contributed by atoms with Gasteiger partial charge in [0.05, 0.1) is 0 Å². The van der Waals surface area contributed by atoms with Crippen LogP contribution in [-0.2, 0) is 13.0 Å². The Morgan fingerprint density at radius 3 is 2.70 bits per heavy atom. The van der Waals surface area contributed by atoms with Gasteiger partial charge in [-0.2, -0.15) is 10.1 Å². The zero-order chi connectivity index (χ0) is 20.9. The molecule has 1 N–H and O–H groups in total. The number of aliphatic hydroxyl groups is 1. The summed E-state index contributed by atoms with van der Waals surface area (Å²) in [5.41, 5.74) is 2.35. The van der Waals surface area contributed by atoms with Crippen molar-refractivity contribution in [1.29, 1.82) is 0 Å². The molecular weight excluding hydrogens is 380 g/mol. The normalized spacial score (nSPS) is 15.4. The van der Waals surface area contributed by atoms with Gasteiger partial charge < -0.3 is 14.4 Å². The van der Waals surface area contributed by atoms with Gasteiger partial charge in [-0.1, -0.05) is 19.8 Å². The van der Waals surface area contributed by atoms with E-state index in [0.29, 0.717) is 24.0 Å². The van der Waals surface area contributed by atoms with E-state index in [4.69, 9.17) is 14.5 Å². The SMILES string of the molecule is CCCCCc1nc(C2CCN(c3nc4nc(C)ccc4o3)CC2)n(CCCO)n1. The molecule has 8 nitrogen and oxygen atoms in total. The summed E-state index contributed by atoms with van der Waals surface area (Å²) in [6, 6.07) is 4.54. The van der Waals surface area contributed by atoms with Gasteiger partial charge in [-0.25, -0.2) is 14.6 Å². The Balaban J connectivity index is 1.44. The first kappa shape index (κ1) is 20.8. The maximum Gasteiger partial charge on any atom is 0.299 e. The molecule has 0 aliphatic carbocycles. The van der Waals surface area contributed by atoms with E-state index in [0.717, 1.165) is 68.2 Å². The second-order valence-corrected chi connectivity index (χ2v) is 8.18. The van der Waals surface area contributed by atoms with E-state index in [1.807, 2.05) is 23.7 Å². The summed E-state index contributed by atoms with van der Waals surface area (Å²) in [4.78, 5) is 16.1. The van der Waals surface area contributed by atoms with E-state index in [2.05, 4.69) is 21.8 Å². The van der Waals surface area contributed by atoms with E-state index in [1.54, 1.807) is 0 Å². The molecule has 0 spiro atoms. The fourth-order valence-corrected chi connectivity index (χ4v) is 4.09. The van der Waals surface area contributed by atoms with E-state index < -0.39 is 0 Å². The van der Waals surface area contributed by atoms with Crippen molar-refractivity contribution in [3.8, 4) is 0 Å². The molecule has 0 aromatic carbocycles. The summed E-state index contributed by atoms with van der Waals surface area (Å²) in [6.07, 6.45) is 7.14. The monoisotopic (exact) mass is 412 g/mol. The first-order valence-corrected chi connectivity index (χ1v) is 11.2. The molecule has 8 heteroatoms. The van der Waals surface area contributed by atoms with Gasteiger partial charge in [0.2, 0.25) is 5.65 Å². The summed E-state index contributed by atoms with van der Waals surface area (Å²) in [6.45, 7) is 6.81. The smallest absolute Gasteiger partial charge is 0.299 e. The number of aromatic nitrogens is 5. The molecule has 4 rings (SSSR count). The summed E-state index contributed by atoms with van der Waals surface area (Å²) < 4.78 is 7.96. The molecule has 0 saturated carbocycles. The van der Waals surface area contributed by atoms with Crippen LogP contribution in [0.15, 0.2) is 16.5 Å². The molecule has 4 heterocycles. The lowest BCUT2D eigenvalue weighted by molar-refractivity contribution is 0.274. The van der Waals surface area contributed by atoms with E-state index in [-0.39, 0.29) is 6.61 Å². The van der Waals surface area contributed by atoms with Crippen LogP contribution < -0.4 is 4.90 Å². The van der Waals surface area contributed by atoms with E-state index in [9.17, 15) is 5.11 Å². The number of unbranched alkanes of at least 4 members (excludes halogenated alkanes) is 2. The van der Waals surface area contributed by atoms with E-state index in [1.165, 1.54) is 12.8 Å². The Bertz CT molecular complexity index is 958. The number of oxazole rings is 1. The molecule has 0 bridgehead atoms. The fourth-order valence-electron chi connectivity index (χ4n) is 4.09. The maximum atomic E-state index is 9.26. The predicted octanol–water partition coefficient (Wildman–Crippen LogP) is 3.62. The minimum absolute atomic E-state index is 0.175. The molecule has 0 atom stereocenters. The van der Waals surface area contributed by atoms with Crippen molar-refractivity contribution in [2.45, 2.75) is 71.3 Å². The van der Waals surface area contributed by atoms with Gasteiger partial charge in [0.1, 0.15) is 5.82 Å². The average Bonchev–Trinajstić information content (AvgIpc) is 3.36. The predicted molar refractivity (Wildman–Crippen MR) is 116 cm³/mol. The number of fused-ring (bicyclic) bond motifs is 1. The first-order valence-electron chi connectivity index (χ1n) is 11.2. The molecule has 30 heavy (non-hydrogen) atoms. The van der Waals surface area contributed by atoms with Gasteiger partial charge >= 0.3 is 0 Å². The topological polar surface area (TPSA) is 93.1 Å². The van der Waals surface area contributed by atoms with Crippen molar-refractivity contribution in [3.63, 3.8) is 0 Å². The lowest BCUT2D eigenvalue weighted by atomic mass is 9.96. The lowest BCUT2D eigenvalue weighted by Crippen LogP contribution is -2.34. The number of piperidine rings is 1. The lowest BCUT2D eigenvalue weighted by Gasteiger charge is -2.30. The number of nitrogens with zero attached hydrogens (tertiary/aromatic N) is 6. The Morgan fingerprint density at radius 2 is 1.93 bits per heavy atom. The Morgan fingerprint density at radius 1 is 1.10 bits per heavy atom.